The van der Waals surface area contributed by atoms with Crippen LogP contribution in [0.1, 0.15) is 41.2 Å². The van der Waals surface area contributed by atoms with Crippen molar-refractivity contribution >= 4 is 23.2 Å². The summed E-state index contributed by atoms with van der Waals surface area (Å²) >= 11 is 1.27. The van der Waals surface area contributed by atoms with E-state index < -0.39 is 22.6 Å². The van der Waals surface area contributed by atoms with Gasteiger partial charge in [-0.15, -0.1) is 11.3 Å². The summed E-state index contributed by atoms with van der Waals surface area (Å²) in [5, 5.41) is 11.3. The van der Waals surface area contributed by atoms with Crippen molar-refractivity contribution in [3.63, 3.8) is 0 Å². The van der Waals surface area contributed by atoms with Gasteiger partial charge >= 0.3 is 0 Å². The molecule has 2 aromatic heterocycles. The van der Waals surface area contributed by atoms with E-state index in [-0.39, 0.29) is 29.5 Å². The van der Waals surface area contributed by atoms with Crippen LogP contribution in [0, 0.1) is 5.82 Å². The van der Waals surface area contributed by atoms with Gasteiger partial charge in [0.05, 0.1) is 12.1 Å². The number of nitrogens with zero attached hydrogens (tertiary/aromatic N) is 4. The average molecular weight is 497 g/mol. The molecular formula is C25H25FN4O4S. The van der Waals surface area contributed by atoms with Crippen LogP contribution in [0.15, 0.2) is 41.5 Å². The first kappa shape index (κ1) is 23.2. The first-order valence-electron chi connectivity index (χ1n) is 11.5. The van der Waals surface area contributed by atoms with Crippen LogP contribution in [-0.2, 0) is 16.8 Å². The van der Waals surface area contributed by atoms with Gasteiger partial charge in [-0.05, 0) is 38.0 Å². The molecule has 182 valence electrons. The minimum atomic E-state index is -1.17. The van der Waals surface area contributed by atoms with Crippen LogP contribution in [0.3, 0.4) is 0 Å². The molecule has 1 N–H and O–H groups in total. The number of carbonyl (C=O) groups is 2. The fourth-order valence-corrected chi connectivity index (χ4v) is 5.57. The lowest BCUT2D eigenvalue weighted by molar-refractivity contribution is -0.145. The predicted octanol–water partition coefficient (Wildman–Crippen LogP) is 2.83. The van der Waals surface area contributed by atoms with Crippen molar-refractivity contribution < 1.29 is 19.1 Å². The molecular weight excluding hydrogens is 471 g/mol. The molecule has 10 heteroatoms. The van der Waals surface area contributed by atoms with Crippen molar-refractivity contribution in [3.05, 3.63) is 68.8 Å². The number of benzene rings is 1. The molecule has 0 aliphatic carbocycles. The van der Waals surface area contributed by atoms with Gasteiger partial charge in [-0.2, -0.15) is 0 Å². The van der Waals surface area contributed by atoms with Gasteiger partial charge < -0.3 is 19.5 Å². The third-order valence-corrected chi connectivity index (χ3v) is 7.80. The molecule has 5 rings (SSSR count). The Bertz CT molecular complexity index is 1380. The van der Waals surface area contributed by atoms with E-state index in [1.807, 2.05) is 0 Å². The third kappa shape index (κ3) is 3.81. The first-order valence-corrected chi connectivity index (χ1v) is 12.3. The summed E-state index contributed by atoms with van der Waals surface area (Å²) in [7, 11) is 0. The number of likely N-dealkylation sites (N-methyl/N-ethyl adjacent to an activating group) is 1. The number of halogens is 1. The SMILES string of the molecule is CCN1C[C@@](C)(C(=O)N2CCC2)n2cc(-c3ncc(Cc4ccc(F)cc4)s3)c(=O)c(O)c2C1=O. The summed E-state index contributed by atoms with van der Waals surface area (Å²) < 4.78 is 14.7. The van der Waals surface area contributed by atoms with Gasteiger partial charge in [0, 0.05) is 43.3 Å². The fourth-order valence-electron chi connectivity index (χ4n) is 4.62. The Balaban J connectivity index is 1.59. The lowest BCUT2D eigenvalue weighted by Gasteiger charge is -2.46. The number of thiazole rings is 1. The van der Waals surface area contributed by atoms with E-state index in [1.54, 1.807) is 37.1 Å². The zero-order valence-electron chi connectivity index (χ0n) is 19.5. The maximum atomic E-state index is 13.5. The van der Waals surface area contributed by atoms with Crippen LogP contribution in [0.5, 0.6) is 5.75 Å². The van der Waals surface area contributed by atoms with Gasteiger partial charge in [-0.1, -0.05) is 12.1 Å². The number of hydrogen-bond donors (Lipinski definition) is 1. The number of likely N-dealkylation sites (tertiary alicyclic amines) is 1. The highest BCUT2D eigenvalue weighted by atomic mass is 32.1. The Morgan fingerprint density at radius 1 is 1.23 bits per heavy atom. The Labute approximate surface area is 205 Å². The molecule has 0 bridgehead atoms. The van der Waals surface area contributed by atoms with E-state index in [4.69, 9.17) is 0 Å². The van der Waals surface area contributed by atoms with E-state index in [0.717, 1.165) is 16.9 Å². The van der Waals surface area contributed by atoms with Crippen LogP contribution in [0.2, 0.25) is 0 Å². The Morgan fingerprint density at radius 3 is 2.57 bits per heavy atom. The van der Waals surface area contributed by atoms with Crippen LogP contribution in [-0.4, -0.2) is 62.5 Å². The quantitative estimate of drug-likeness (QED) is 0.586. The molecule has 0 saturated carbocycles. The Kier molecular flexibility index (Phi) is 5.71. The topological polar surface area (TPSA) is 95.7 Å². The van der Waals surface area contributed by atoms with Crippen LogP contribution >= 0.6 is 11.3 Å². The summed E-state index contributed by atoms with van der Waals surface area (Å²) in [6.07, 6.45) is 4.55. The minimum Gasteiger partial charge on any atom is -0.503 e. The second kappa shape index (κ2) is 8.60. The second-order valence-electron chi connectivity index (χ2n) is 9.11. The Morgan fingerprint density at radius 2 is 1.94 bits per heavy atom. The van der Waals surface area contributed by atoms with Gasteiger partial charge in [0.25, 0.3) is 5.91 Å². The number of fused-ring (bicyclic) bond motifs is 1. The summed E-state index contributed by atoms with van der Waals surface area (Å²) in [5.41, 5.74) is -1.03. The van der Waals surface area contributed by atoms with Crippen molar-refractivity contribution in [2.75, 3.05) is 26.2 Å². The standard InChI is InChI=1S/C25H25FN4O4S/c1-3-28-14-25(2,24(34)29-9-4-10-29)30-13-18(20(31)21(32)19(30)23(28)33)22-27-12-17(35-22)11-15-5-7-16(26)8-6-15/h5-8,12-13,32H,3-4,9-11,14H2,1-2H3/t25-/m0/s1. The predicted molar refractivity (Wildman–Crippen MR) is 129 cm³/mol. The number of amides is 2. The van der Waals surface area contributed by atoms with Crippen LogP contribution in [0.25, 0.3) is 10.6 Å². The number of rotatable bonds is 5. The molecule has 1 atom stereocenters. The zero-order chi connectivity index (χ0) is 24.9. The molecule has 0 spiro atoms. The second-order valence-corrected chi connectivity index (χ2v) is 10.2. The largest absolute Gasteiger partial charge is 0.503 e. The molecule has 3 aromatic rings. The van der Waals surface area contributed by atoms with Gasteiger partial charge in [0.2, 0.25) is 11.3 Å². The molecule has 2 aliphatic heterocycles. The summed E-state index contributed by atoms with van der Waals surface area (Å²) in [6.45, 7) is 5.30. The molecule has 1 saturated heterocycles. The highest BCUT2D eigenvalue weighted by Gasteiger charge is 2.48. The molecule has 8 nitrogen and oxygen atoms in total. The lowest BCUT2D eigenvalue weighted by atomic mass is 9.92. The molecule has 1 aromatic carbocycles. The van der Waals surface area contributed by atoms with Crippen LogP contribution < -0.4 is 5.43 Å². The van der Waals surface area contributed by atoms with E-state index in [9.17, 15) is 23.9 Å². The summed E-state index contributed by atoms with van der Waals surface area (Å²) in [4.78, 5) is 48.2. The normalized spacial score (nSPS) is 19.5. The highest BCUT2D eigenvalue weighted by Crippen LogP contribution is 2.35. The van der Waals surface area contributed by atoms with Crippen molar-refractivity contribution in [3.8, 4) is 16.3 Å². The van der Waals surface area contributed by atoms with E-state index >= 15 is 0 Å². The molecule has 2 amide bonds. The molecule has 0 radical (unpaired) electrons. The summed E-state index contributed by atoms with van der Waals surface area (Å²) in [5.74, 6) is -1.63. The fraction of sp³-hybridized carbons (Fsp3) is 0.360. The summed E-state index contributed by atoms with van der Waals surface area (Å²) in [6, 6.07) is 6.15. The molecule has 2 aliphatic rings. The number of aromatic hydroxyl groups is 1. The van der Waals surface area contributed by atoms with E-state index in [2.05, 4.69) is 4.98 Å². The van der Waals surface area contributed by atoms with Crippen molar-refractivity contribution in [2.24, 2.45) is 0 Å². The van der Waals surface area contributed by atoms with E-state index in [1.165, 1.54) is 39.1 Å². The zero-order valence-corrected chi connectivity index (χ0v) is 20.3. The lowest BCUT2D eigenvalue weighted by Crippen LogP contribution is -2.62. The number of carbonyl (C=O) groups excluding carboxylic acids is 2. The van der Waals surface area contributed by atoms with E-state index in [0.29, 0.717) is 31.1 Å². The highest BCUT2D eigenvalue weighted by molar-refractivity contribution is 7.15. The number of hydrogen-bond acceptors (Lipinski definition) is 6. The maximum absolute atomic E-state index is 13.5. The van der Waals surface area contributed by atoms with Gasteiger partial charge in [0.1, 0.15) is 16.4 Å². The first-order chi connectivity index (χ1) is 16.7. The van der Waals surface area contributed by atoms with Crippen LogP contribution in [0.4, 0.5) is 4.39 Å². The van der Waals surface area contributed by atoms with Crippen molar-refractivity contribution in [1.29, 1.82) is 0 Å². The number of pyridine rings is 1. The van der Waals surface area contributed by atoms with Crippen molar-refractivity contribution in [2.45, 2.75) is 32.2 Å². The monoisotopic (exact) mass is 496 g/mol. The van der Waals surface area contributed by atoms with Gasteiger partial charge in [-0.25, -0.2) is 9.37 Å². The van der Waals surface area contributed by atoms with Gasteiger partial charge in [0.15, 0.2) is 11.4 Å². The van der Waals surface area contributed by atoms with Crippen molar-refractivity contribution in [1.82, 2.24) is 19.4 Å². The minimum absolute atomic E-state index is 0.127. The Hall–Kier alpha value is -3.53. The number of aromatic nitrogens is 2. The average Bonchev–Trinajstić information content (AvgIpc) is 3.26. The molecule has 4 heterocycles. The smallest absolute Gasteiger partial charge is 0.274 e. The third-order valence-electron chi connectivity index (χ3n) is 6.76. The maximum Gasteiger partial charge on any atom is 0.274 e. The van der Waals surface area contributed by atoms with Gasteiger partial charge in [-0.3, -0.25) is 14.4 Å². The molecule has 1 fully saturated rings. The molecule has 0 unspecified atom stereocenters. The molecule has 35 heavy (non-hydrogen) atoms.